The van der Waals surface area contributed by atoms with E-state index in [1.807, 2.05) is 0 Å². The second-order valence-electron chi connectivity index (χ2n) is 10.3. The molecule has 0 aliphatic rings. The molecule has 0 aromatic rings. The quantitative estimate of drug-likeness (QED) is 0.0811. The van der Waals surface area contributed by atoms with Crippen LogP contribution in [0.1, 0.15) is 136 Å². The van der Waals surface area contributed by atoms with Crippen molar-refractivity contribution in [3.63, 3.8) is 0 Å². The van der Waals surface area contributed by atoms with E-state index >= 15 is 0 Å². The van der Waals surface area contributed by atoms with E-state index in [1.165, 1.54) is 11.8 Å². The summed E-state index contributed by atoms with van der Waals surface area (Å²) in [4.78, 5) is 48.5. The van der Waals surface area contributed by atoms with Crippen molar-refractivity contribution in [3.8, 4) is 0 Å². The number of carboxylic acid groups (broad SMARTS) is 1. The molecule has 39 heavy (non-hydrogen) atoms. The number of esters is 2. The van der Waals surface area contributed by atoms with E-state index in [2.05, 4.69) is 26.1 Å². The fourth-order valence-electron chi connectivity index (χ4n) is 4.01. The first kappa shape index (κ1) is 37.2. The van der Waals surface area contributed by atoms with E-state index in [1.54, 1.807) is 0 Å². The Labute approximate surface area is 241 Å². The number of carboxylic acids is 1. The summed E-state index contributed by atoms with van der Waals surface area (Å²) in [5, 5.41) is 12.2. The highest BCUT2D eigenvalue weighted by Crippen LogP contribution is 2.14. The lowest BCUT2D eigenvalue weighted by Crippen LogP contribution is -2.42. The Balaban J connectivity index is 4.69. The third-order valence-electron chi connectivity index (χ3n) is 6.43. The predicted molar refractivity (Wildman–Crippen MR) is 158 cm³/mol. The molecule has 228 valence electrons. The molecule has 0 aliphatic carbocycles. The van der Waals surface area contributed by atoms with E-state index in [-0.39, 0.29) is 36.0 Å². The van der Waals surface area contributed by atoms with Gasteiger partial charge in [-0.15, -0.1) is 0 Å². The fourth-order valence-corrected chi connectivity index (χ4v) is 5.04. The van der Waals surface area contributed by atoms with Crippen molar-refractivity contribution in [2.24, 2.45) is 0 Å². The van der Waals surface area contributed by atoms with Crippen LogP contribution in [0.25, 0.3) is 0 Å². The Kier molecular flexibility index (Phi) is 25.3. The molecule has 0 heterocycles. The zero-order valence-electron chi connectivity index (χ0n) is 24.8. The molecule has 0 aromatic heterocycles. The molecule has 0 saturated heterocycles. The molecular weight excluding hydrogens is 518 g/mol. The van der Waals surface area contributed by atoms with E-state index in [4.69, 9.17) is 9.47 Å². The number of unbranched alkanes of at least 4 members (excludes halogenated alkanes) is 12. The van der Waals surface area contributed by atoms with Gasteiger partial charge in [-0.3, -0.25) is 14.4 Å². The lowest BCUT2D eigenvalue weighted by molar-refractivity contribution is -0.157. The van der Waals surface area contributed by atoms with Crippen LogP contribution >= 0.6 is 11.8 Å². The van der Waals surface area contributed by atoms with Gasteiger partial charge < -0.3 is 19.9 Å². The first-order valence-electron chi connectivity index (χ1n) is 15.3. The zero-order chi connectivity index (χ0) is 29.1. The number of rotatable bonds is 27. The summed E-state index contributed by atoms with van der Waals surface area (Å²) in [6.07, 6.45) is 15.5. The van der Waals surface area contributed by atoms with Gasteiger partial charge in [-0.2, -0.15) is 11.8 Å². The van der Waals surface area contributed by atoms with Crippen LogP contribution in [0, 0.1) is 0 Å². The number of amides is 1. The van der Waals surface area contributed by atoms with Gasteiger partial charge in [0.15, 0.2) is 0 Å². The van der Waals surface area contributed by atoms with Crippen LogP contribution in [0.2, 0.25) is 0 Å². The molecule has 0 unspecified atom stereocenters. The summed E-state index contributed by atoms with van der Waals surface area (Å²) in [5.74, 6) is -1.60. The minimum Gasteiger partial charge on any atom is -0.480 e. The summed E-state index contributed by atoms with van der Waals surface area (Å²) in [7, 11) is 0. The van der Waals surface area contributed by atoms with Gasteiger partial charge in [0.25, 0.3) is 0 Å². The molecule has 0 spiro atoms. The van der Waals surface area contributed by atoms with Gasteiger partial charge in [0.05, 0.1) is 0 Å². The van der Waals surface area contributed by atoms with Crippen molar-refractivity contribution in [1.82, 2.24) is 5.32 Å². The minimum atomic E-state index is -1.10. The molecule has 2 N–H and O–H groups in total. The van der Waals surface area contributed by atoms with E-state index < -0.39 is 18.1 Å². The third kappa shape index (κ3) is 23.8. The van der Waals surface area contributed by atoms with Gasteiger partial charge in [-0.05, 0) is 19.3 Å². The highest BCUT2D eigenvalue weighted by molar-refractivity contribution is 7.99. The number of hydrogen-bond donors (Lipinski definition) is 2. The van der Waals surface area contributed by atoms with Crippen LogP contribution in [-0.4, -0.2) is 59.2 Å². The lowest BCUT2D eigenvalue weighted by Gasteiger charge is -2.19. The second kappa shape index (κ2) is 26.5. The molecular formula is C30H55NO7S. The topological polar surface area (TPSA) is 119 Å². The zero-order valence-corrected chi connectivity index (χ0v) is 25.6. The lowest BCUT2D eigenvalue weighted by atomic mass is 10.1. The molecule has 8 nitrogen and oxygen atoms in total. The van der Waals surface area contributed by atoms with E-state index in [9.17, 15) is 24.3 Å². The summed E-state index contributed by atoms with van der Waals surface area (Å²) >= 11 is 1.27. The number of aliphatic carboxylic acids is 1. The highest BCUT2D eigenvalue weighted by Gasteiger charge is 2.22. The Morgan fingerprint density at radius 2 is 1.15 bits per heavy atom. The summed E-state index contributed by atoms with van der Waals surface area (Å²) < 4.78 is 11.0. The average molecular weight is 574 g/mol. The van der Waals surface area contributed by atoms with Crippen LogP contribution in [0.3, 0.4) is 0 Å². The van der Waals surface area contributed by atoms with Crippen LogP contribution in [-0.2, 0) is 28.7 Å². The van der Waals surface area contributed by atoms with Crippen molar-refractivity contribution in [2.75, 3.05) is 18.1 Å². The number of hydrogen-bond acceptors (Lipinski definition) is 7. The van der Waals surface area contributed by atoms with Crippen molar-refractivity contribution in [1.29, 1.82) is 0 Å². The predicted octanol–water partition coefficient (Wildman–Crippen LogP) is 6.83. The van der Waals surface area contributed by atoms with Crippen molar-refractivity contribution in [2.45, 2.75) is 148 Å². The van der Waals surface area contributed by atoms with Crippen LogP contribution in [0.4, 0.5) is 0 Å². The van der Waals surface area contributed by atoms with Crippen LogP contribution in [0.15, 0.2) is 0 Å². The van der Waals surface area contributed by atoms with Gasteiger partial charge in [-0.25, -0.2) is 4.79 Å². The number of carbonyl (C=O) groups excluding carboxylic acids is 3. The fraction of sp³-hybridized carbons (Fsp3) is 0.867. The summed E-state index contributed by atoms with van der Waals surface area (Å²) in [6.45, 7) is 6.35. The summed E-state index contributed by atoms with van der Waals surface area (Å²) in [5.41, 5.74) is 0. The largest absolute Gasteiger partial charge is 0.480 e. The van der Waals surface area contributed by atoms with Gasteiger partial charge in [0, 0.05) is 30.8 Å². The van der Waals surface area contributed by atoms with Gasteiger partial charge in [-0.1, -0.05) is 97.8 Å². The summed E-state index contributed by atoms with van der Waals surface area (Å²) in [6, 6.07) is -1.03. The maximum absolute atomic E-state index is 12.4. The molecule has 2 atom stereocenters. The Morgan fingerprint density at radius 1 is 0.667 bits per heavy atom. The second-order valence-corrected chi connectivity index (χ2v) is 11.4. The molecule has 0 saturated carbocycles. The number of carbonyl (C=O) groups is 4. The number of thioether (sulfide) groups is 1. The first-order chi connectivity index (χ1) is 18.8. The highest BCUT2D eigenvalue weighted by atomic mass is 32.2. The molecule has 0 radical (unpaired) electrons. The number of ether oxygens (including phenoxy) is 2. The van der Waals surface area contributed by atoms with Crippen LogP contribution < -0.4 is 5.32 Å². The van der Waals surface area contributed by atoms with E-state index in [0.29, 0.717) is 19.3 Å². The minimum absolute atomic E-state index is 0.0514. The Morgan fingerprint density at radius 3 is 1.67 bits per heavy atom. The van der Waals surface area contributed by atoms with Crippen molar-refractivity contribution < 1.29 is 33.8 Å². The molecule has 0 aromatic carbocycles. The molecule has 1 amide bonds. The average Bonchev–Trinajstić information content (AvgIpc) is 2.90. The molecule has 0 rings (SSSR count). The maximum atomic E-state index is 12.4. The van der Waals surface area contributed by atoms with Gasteiger partial charge in [0.2, 0.25) is 5.91 Å². The van der Waals surface area contributed by atoms with E-state index in [0.717, 1.165) is 96.3 Å². The van der Waals surface area contributed by atoms with Crippen LogP contribution in [0.5, 0.6) is 0 Å². The third-order valence-corrected chi connectivity index (χ3v) is 7.60. The Hall–Kier alpha value is -1.77. The SMILES string of the molecule is CCCCCCCC(=O)N[C@@H](CSC[C@@H](COC(=O)CCCCCCC)OC(=O)CCCCCCC)C(=O)O. The molecule has 0 fully saturated rings. The molecule has 0 aliphatic heterocycles. The normalized spacial score (nSPS) is 12.5. The smallest absolute Gasteiger partial charge is 0.327 e. The molecule has 9 heteroatoms. The molecule has 0 bridgehead atoms. The number of nitrogens with one attached hydrogen (secondary N) is 1. The van der Waals surface area contributed by atoms with Crippen molar-refractivity contribution >= 4 is 35.6 Å². The Bertz CT molecular complexity index is 659. The first-order valence-corrected chi connectivity index (χ1v) is 16.4. The van der Waals surface area contributed by atoms with Gasteiger partial charge >= 0.3 is 17.9 Å². The monoisotopic (exact) mass is 573 g/mol. The maximum Gasteiger partial charge on any atom is 0.327 e. The van der Waals surface area contributed by atoms with Crippen molar-refractivity contribution in [3.05, 3.63) is 0 Å². The standard InChI is InChI=1S/C30H55NO7S/c1-4-7-10-13-16-19-27(32)31-26(30(35)36)24-39-23-25(38-29(34)21-18-15-12-9-6-3)22-37-28(33)20-17-14-11-8-5-2/h25-26H,4-24H2,1-3H3,(H,31,32)(H,35,36)/t25-,26+/m1/s1. The van der Waals surface area contributed by atoms with Gasteiger partial charge in [0.1, 0.15) is 18.8 Å².